The third kappa shape index (κ3) is 4.20. The molecule has 6 nitrogen and oxygen atoms in total. The van der Waals surface area contributed by atoms with Crippen LogP contribution in [-0.4, -0.2) is 61.8 Å². The van der Waals surface area contributed by atoms with Crippen molar-refractivity contribution in [3.05, 3.63) is 29.8 Å². The average molecular weight is 394 g/mol. The summed E-state index contributed by atoms with van der Waals surface area (Å²) in [7, 11) is -3.59. The normalized spacial score (nSPS) is 30.3. The first kappa shape index (κ1) is 20.3. The minimum absolute atomic E-state index is 0.0651. The molecule has 2 fully saturated rings. The summed E-state index contributed by atoms with van der Waals surface area (Å²) < 4.78 is 27.8. The van der Waals surface area contributed by atoms with Crippen LogP contribution in [0.2, 0.25) is 0 Å². The van der Waals surface area contributed by atoms with Crippen LogP contribution in [-0.2, 0) is 10.0 Å². The van der Waals surface area contributed by atoms with Gasteiger partial charge >= 0.3 is 0 Å². The maximum absolute atomic E-state index is 13.1. The summed E-state index contributed by atoms with van der Waals surface area (Å²) >= 11 is 0. The van der Waals surface area contributed by atoms with E-state index in [9.17, 15) is 13.2 Å². The Morgan fingerprint density at radius 2 is 1.78 bits per heavy atom. The summed E-state index contributed by atoms with van der Waals surface area (Å²) in [6.45, 7) is 10.7. The highest BCUT2D eigenvalue weighted by atomic mass is 32.2. The lowest BCUT2D eigenvalue weighted by Crippen LogP contribution is -2.57. The van der Waals surface area contributed by atoms with Gasteiger partial charge in [-0.2, -0.15) is 4.31 Å². The second kappa shape index (κ2) is 7.89. The summed E-state index contributed by atoms with van der Waals surface area (Å²) in [5.74, 6) is 0.585. The fraction of sp³-hybridized carbons (Fsp3) is 0.650. The summed E-state index contributed by atoms with van der Waals surface area (Å²) in [5.41, 5.74) is 0.440. The number of benzene rings is 1. The van der Waals surface area contributed by atoms with Gasteiger partial charge in [0.1, 0.15) is 0 Å². The van der Waals surface area contributed by atoms with E-state index in [1.807, 2.05) is 11.8 Å². The Morgan fingerprint density at radius 3 is 2.44 bits per heavy atom. The minimum Gasteiger partial charge on any atom is -0.333 e. The standard InChI is InChI=1S/C20H31N3O3S/c1-14-10-15(2)13-22(12-14)27(25,26)19-7-5-6-18(11-19)20(24)23-9-8-21-16(3)17(23)4/h5-7,11,14-17,21H,8-10,12-13H2,1-4H3. The highest BCUT2D eigenvalue weighted by Gasteiger charge is 2.33. The molecule has 2 aliphatic heterocycles. The predicted octanol–water partition coefficient (Wildman–Crippen LogP) is 2.18. The van der Waals surface area contributed by atoms with Crippen molar-refractivity contribution in [2.75, 3.05) is 26.2 Å². The summed E-state index contributed by atoms with van der Waals surface area (Å²) in [6.07, 6.45) is 1.05. The van der Waals surface area contributed by atoms with Crippen LogP contribution in [0.5, 0.6) is 0 Å². The fourth-order valence-electron chi connectivity index (χ4n) is 4.25. The highest BCUT2D eigenvalue weighted by Crippen LogP contribution is 2.27. The number of carbonyl (C=O) groups excluding carboxylic acids is 1. The monoisotopic (exact) mass is 393 g/mol. The molecular formula is C20H31N3O3S. The van der Waals surface area contributed by atoms with Gasteiger partial charge in [-0.25, -0.2) is 8.42 Å². The molecule has 4 atom stereocenters. The van der Waals surface area contributed by atoms with Gasteiger partial charge in [0.2, 0.25) is 10.0 Å². The van der Waals surface area contributed by atoms with Crippen LogP contribution in [0.1, 0.15) is 44.5 Å². The van der Waals surface area contributed by atoms with Gasteiger partial charge in [-0.05, 0) is 50.3 Å². The van der Waals surface area contributed by atoms with Crippen molar-refractivity contribution < 1.29 is 13.2 Å². The largest absolute Gasteiger partial charge is 0.333 e. The number of nitrogens with zero attached hydrogens (tertiary/aromatic N) is 2. The van der Waals surface area contributed by atoms with Crippen LogP contribution in [0.4, 0.5) is 0 Å². The number of rotatable bonds is 3. The van der Waals surface area contributed by atoms with Crippen molar-refractivity contribution in [3.63, 3.8) is 0 Å². The number of carbonyl (C=O) groups is 1. The fourth-order valence-corrected chi connectivity index (χ4v) is 5.98. The van der Waals surface area contributed by atoms with E-state index in [0.717, 1.165) is 13.0 Å². The molecule has 27 heavy (non-hydrogen) atoms. The average Bonchev–Trinajstić information content (AvgIpc) is 2.63. The summed E-state index contributed by atoms with van der Waals surface area (Å²) in [6, 6.07) is 6.80. The van der Waals surface area contributed by atoms with Gasteiger partial charge in [-0.15, -0.1) is 0 Å². The van der Waals surface area contributed by atoms with E-state index in [0.29, 0.717) is 37.0 Å². The molecule has 7 heteroatoms. The van der Waals surface area contributed by atoms with E-state index in [1.165, 1.54) is 0 Å². The molecule has 1 aromatic carbocycles. The Morgan fingerprint density at radius 1 is 1.11 bits per heavy atom. The van der Waals surface area contributed by atoms with Crippen molar-refractivity contribution >= 4 is 15.9 Å². The number of sulfonamides is 1. The van der Waals surface area contributed by atoms with Crippen molar-refractivity contribution in [2.45, 2.75) is 51.1 Å². The minimum atomic E-state index is -3.59. The third-order valence-corrected chi connectivity index (χ3v) is 7.68. The smallest absolute Gasteiger partial charge is 0.254 e. The van der Waals surface area contributed by atoms with E-state index in [1.54, 1.807) is 28.6 Å². The summed E-state index contributed by atoms with van der Waals surface area (Å²) in [4.78, 5) is 15.0. The zero-order chi connectivity index (χ0) is 19.8. The molecule has 0 aromatic heterocycles. The van der Waals surface area contributed by atoms with Gasteiger partial charge in [-0.3, -0.25) is 4.79 Å². The van der Waals surface area contributed by atoms with Crippen LogP contribution in [0.15, 0.2) is 29.2 Å². The van der Waals surface area contributed by atoms with E-state index < -0.39 is 10.0 Å². The van der Waals surface area contributed by atoms with Crippen LogP contribution < -0.4 is 5.32 Å². The van der Waals surface area contributed by atoms with E-state index in [4.69, 9.17) is 0 Å². The molecule has 2 heterocycles. The van der Waals surface area contributed by atoms with Gasteiger partial charge in [0, 0.05) is 43.8 Å². The van der Waals surface area contributed by atoms with Gasteiger partial charge in [0.15, 0.2) is 0 Å². The molecule has 0 saturated carbocycles. The molecule has 0 spiro atoms. The molecule has 1 aromatic rings. The Bertz CT molecular complexity index is 785. The molecular weight excluding hydrogens is 362 g/mol. The summed E-state index contributed by atoms with van der Waals surface area (Å²) in [5, 5.41) is 3.36. The number of piperazine rings is 1. The molecule has 2 saturated heterocycles. The van der Waals surface area contributed by atoms with Gasteiger partial charge in [-0.1, -0.05) is 19.9 Å². The molecule has 1 N–H and O–H groups in total. The van der Waals surface area contributed by atoms with Gasteiger partial charge in [0.25, 0.3) is 5.91 Å². The molecule has 0 radical (unpaired) electrons. The first-order valence-corrected chi connectivity index (χ1v) is 11.3. The maximum atomic E-state index is 13.1. The van der Waals surface area contributed by atoms with Gasteiger partial charge in [0.05, 0.1) is 4.90 Å². The molecule has 4 unspecified atom stereocenters. The topological polar surface area (TPSA) is 69.7 Å². The SMILES string of the molecule is CC1CC(C)CN(S(=O)(=O)c2cccc(C(=O)N3CCNC(C)C3C)c2)C1. The second-order valence-electron chi connectivity index (χ2n) is 8.28. The lowest BCUT2D eigenvalue weighted by molar-refractivity contribution is 0.0602. The predicted molar refractivity (Wildman–Crippen MR) is 106 cm³/mol. The van der Waals surface area contributed by atoms with Crippen LogP contribution in [0, 0.1) is 11.8 Å². The maximum Gasteiger partial charge on any atom is 0.254 e. The molecule has 3 rings (SSSR count). The van der Waals surface area contributed by atoms with E-state index >= 15 is 0 Å². The number of hydrogen-bond donors (Lipinski definition) is 1. The number of amides is 1. The highest BCUT2D eigenvalue weighted by molar-refractivity contribution is 7.89. The Balaban J connectivity index is 1.85. The van der Waals surface area contributed by atoms with Crippen molar-refractivity contribution in [3.8, 4) is 0 Å². The Kier molecular flexibility index (Phi) is 5.93. The first-order valence-electron chi connectivity index (χ1n) is 9.84. The van der Waals surface area contributed by atoms with E-state index in [-0.39, 0.29) is 22.9 Å². The quantitative estimate of drug-likeness (QED) is 0.855. The zero-order valence-corrected chi connectivity index (χ0v) is 17.5. The Labute approximate surface area is 163 Å². The number of piperidine rings is 1. The van der Waals surface area contributed by atoms with Crippen LogP contribution >= 0.6 is 0 Å². The molecule has 1 amide bonds. The Hall–Kier alpha value is -1.44. The third-order valence-electron chi connectivity index (χ3n) is 5.85. The number of nitrogens with one attached hydrogen (secondary N) is 1. The zero-order valence-electron chi connectivity index (χ0n) is 16.7. The lowest BCUT2D eigenvalue weighted by atomic mass is 9.94. The molecule has 0 bridgehead atoms. The molecule has 2 aliphatic rings. The molecule has 150 valence electrons. The van der Waals surface area contributed by atoms with Crippen molar-refractivity contribution in [1.29, 1.82) is 0 Å². The first-order chi connectivity index (χ1) is 12.7. The second-order valence-corrected chi connectivity index (χ2v) is 10.2. The molecule has 0 aliphatic carbocycles. The van der Waals surface area contributed by atoms with Crippen molar-refractivity contribution in [2.24, 2.45) is 11.8 Å². The van der Waals surface area contributed by atoms with Crippen molar-refractivity contribution in [1.82, 2.24) is 14.5 Å². The van der Waals surface area contributed by atoms with E-state index in [2.05, 4.69) is 26.1 Å². The number of hydrogen-bond acceptors (Lipinski definition) is 4. The van der Waals surface area contributed by atoms with Gasteiger partial charge < -0.3 is 10.2 Å². The van der Waals surface area contributed by atoms with Crippen LogP contribution in [0.3, 0.4) is 0 Å². The van der Waals surface area contributed by atoms with Crippen LogP contribution in [0.25, 0.3) is 0 Å². The lowest BCUT2D eigenvalue weighted by Gasteiger charge is -2.38.